The summed E-state index contributed by atoms with van der Waals surface area (Å²) in [4.78, 5) is 18.7. The third-order valence-electron chi connectivity index (χ3n) is 4.83. The van der Waals surface area contributed by atoms with Gasteiger partial charge in [0.1, 0.15) is 5.75 Å². The van der Waals surface area contributed by atoms with Crippen molar-refractivity contribution in [3.63, 3.8) is 0 Å². The minimum atomic E-state index is -3.75. The summed E-state index contributed by atoms with van der Waals surface area (Å²) >= 11 is 0. The Morgan fingerprint density at radius 1 is 1.21 bits per heavy atom. The lowest BCUT2D eigenvalue weighted by Crippen LogP contribution is -2.44. The molecule has 0 unspecified atom stereocenters. The van der Waals surface area contributed by atoms with Gasteiger partial charge in [0.2, 0.25) is 15.0 Å². The molecule has 0 atom stereocenters. The van der Waals surface area contributed by atoms with Crippen LogP contribution in [0.1, 0.15) is 39.0 Å². The van der Waals surface area contributed by atoms with Gasteiger partial charge in [-0.05, 0) is 37.5 Å². The zero-order chi connectivity index (χ0) is 24.6. The summed E-state index contributed by atoms with van der Waals surface area (Å²) in [7, 11) is -0.660. The normalized spacial score (nSPS) is 11.8. The molecule has 2 amide bonds. The molecular formula is C23H36N4O5S. The number of urea groups is 1. The maximum atomic E-state index is 13.3. The van der Waals surface area contributed by atoms with Crippen molar-refractivity contribution < 1.29 is 22.7 Å². The molecule has 0 aliphatic carbocycles. The van der Waals surface area contributed by atoms with Crippen LogP contribution in [0.4, 0.5) is 4.79 Å². The molecule has 184 valence electrons. The second-order valence-electron chi connectivity index (χ2n) is 8.67. The van der Waals surface area contributed by atoms with Crippen LogP contribution in [0, 0.1) is 5.92 Å². The van der Waals surface area contributed by atoms with E-state index < -0.39 is 9.84 Å². The van der Waals surface area contributed by atoms with Crippen molar-refractivity contribution in [2.24, 2.45) is 5.92 Å². The highest BCUT2D eigenvalue weighted by molar-refractivity contribution is 7.90. The number of methoxy groups -OCH3 is 2. The number of amides is 2. The predicted octanol–water partition coefficient (Wildman–Crippen LogP) is 3.09. The van der Waals surface area contributed by atoms with E-state index in [1.165, 1.54) is 13.3 Å². The van der Waals surface area contributed by atoms with E-state index in [0.29, 0.717) is 36.7 Å². The molecule has 1 aromatic carbocycles. The Balaban J connectivity index is 2.38. The topological polar surface area (TPSA) is 103 Å². The molecule has 2 aromatic rings. The van der Waals surface area contributed by atoms with Crippen molar-refractivity contribution >= 4 is 15.9 Å². The average Bonchev–Trinajstić information content (AvgIpc) is 3.14. The Bertz CT molecular complexity index is 1020. The average molecular weight is 481 g/mol. The molecule has 1 N–H and O–H groups in total. The highest BCUT2D eigenvalue weighted by Gasteiger charge is 2.26. The molecule has 0 spiro atoms. The van der Waals surface area contributed by atoms with Crippen LogP contribution in [0.15, 0.2) is 35.6 Å². The van der Waals surface area contributed by atoms with Gasteiger partial charge in [-0.3, -0.25) is 0 Å². The fourth-order valence-corrected chi connectivity index (χ4v) is 4.93. The molecule has 10 heteroatoms. The molecule has 0 saturated heterocycles. The van der Waals surface area contributed by atoms with Crippen molar-refractivity contribution in [3.8, 4) is 5.75 Å². The maximum Gasteiger partial charge on any atom is 0.317 e. The van der Waals surface area contributed by atoms with Gasteiger partial charge in [-0.2, -0.15) is 0 Å². The monoisotopic (exact) mass is 480 g/mol. The number of hydrogen-bond acceptors (Lipinski definition) is 6. The first kappa shape index (κ1) is 26.7. The zero-order valence-electron chi connectivity index (χ0n) is 20.4. The molecule has 0 aliphatic heterocycles. The summed E-state index contributed by atoms with van der Waals surface area (Å²) in [6.45, 7) is 9.24. The van der Waals surface area contributed by atoms with Gasteiger partial charge >= 0.3 is 6.03 Å². The van der Waals surface area contributed by atoms with E-state index in [2.05, 4.69) is 10.3 Å². The number of hydrogen-bond donors (Lipinski definition) is 1. The lowest BCUT2D eigenvalue weighted by atomic mass is 10.2. The van der Waals surface area contributed by atoms with Crippen LogP contribution < -0.4 is 10.1 Å². The Kier molecular flexibility index (Phi) is 9.72. The van der Waals surface area contributed by atoms with E-state index in [1.807, 2.05) is 27.7 Å². The summed E-state index contributed by atoms with van der Waals surface area (Å²) in [6.07, 6.45) is 1.53. The number of benzene rings is 1. The maximum absolute atomic E-state index is 13.3. The van der Waals surface area contributed by atoms with Crippen LogP contribution in [-0.4, -0.2) is 62.3 Å². The number of rotatable bonds is 12. The number of nitrogens with zero attached hydrogens (tertiary/aromatic N) is 3. The summed E-state index contributed by atoms with van der Waals surface area (Å²) in [5.74, 6) is 0.623. The van der Waals surface area contributed by atoms with Crippen LogP contribution in [0.5, 0.6) is 5.75 Å². The first-order valence-corrected chi connectivity index (χ1v) is 12.7. The number of carbonyl (C=O) groups is 1. The molecular weight excluding hydrogens is 444 g/mol. The van der Waals surface area contributed by atoms with Gasteiger partial charge in [0, 0.05) is 26.2 Å². The molecule has 0 radical (unpaired) electrons. The van der Waals surface area contributed by atoms with Crippen molar-refractivity contribution in [3.05, 3.63) is 41.7 Å². The smallest absolute Gasteiger partial charge is 0.317 e. The van der Waals surface area contributed by atoms with Crippen LogP contribution in [-0.2, 0) is 33.4 Å². The number of nitrogens with one attached hydrogen (secondary N) is 1. The number of ether oxygens (including phenoxy) is 2. The van der Waals surface area contributed by atoms with Crippen LogP contribution in [0.2, 0.25) is 0 Å². The first-order chi connectivity index (χ1) is 15.6. The van der Waals surface area contributed by atoms with E-state index in [0.717, 1.165) is 0 Å². The van der Waals surface area contributed by atoms with Gasteiger partial charge in [0.05, 0.1) is 37.9 Å². The summed E-state index contributed by atoms with van der Waals surface area (Å²) in [6, 6.07) is 6.75. The zero-order valence-corrected chi connectivity index (χ0v) is 21.2. The quantitative estimate of drug-likeness (QED) is 0.501. The number of sulfone groups is 1. The van der Waals surface area contributed by atoms with Crippen molar-refractivity contribution in [2.75, 3.05) is 27.4 Å². The van der Waals surface area contributed by atoms with Crippen LogP contribution in [0.3, 0.4) is 0 Å². The molecule has 33 heavy (non-hydrogen) atoms. The van der Waals surface area contributed by atoms with Crippen molar-refractivity contribution in [1.29, 1.82) is 0 Å². The van der Waals surface area contributed by atoms with Gasteiger partial charge in [0.15, 0.2) is 0 Å². The van der Waals surface area contributed by atoms with E-state index in [-0.39, 0.29) is 35.4 Å². The molecule has 0 aliphatic rings. The second kappa shape index (κ2) is 12.0. The Morgan fingerprint density at radius 3 is 2.55 bits per heavy atom. The third-order valence-corrected chi connectivity index (χ3v) is 6.42. The largest absolute Gasteiger partial charge is 0.497 e. The van der Waals surface area contributed by atoms with Crippen molar-refractivity contribution in [1.82, 2.24) is 19.8 Å². The fourth-order valence-electron chi connectivity index (χ4n) is 3.43. The Hall–Kier alpha value is -2.59. The molecule has 9 nitrogen and oxygen atoms in total. The van der Waals surface area contributed by atoms with Crippen LogP contribution in [0.25, 0.3) is 0 Å². The van der Waals surface area contributed by atoms with Gasteiger partial charge in [-0.1, -0.05) is 26.0 Å². The standard InChI is InChI=1S/C23H36N4O5S/c1-17(2)14-26(22(28)25-18(3)4)15-20-13-24-23(27(20)10-11-31-5)33(29,30)16-19-8-7-9-21(12-19)32-6/h7-9,12-13,17-18H,10-11,14-16H2,1-6H3,(H,25,28). The number of carbonyl (C=O) groups excluding carboxylic acids is 1. The predicted molar refractivity (Wildman–Crippen MR) is 127 cm³/mol. The molecule has 1 heterocycles. The SMILES string of the molecule is COCCn1c(CN(CC(C)C)C(=O)NC(C)C)cnc1S(=O)(=O)Cc1cccc(OC)c1. The molecule has 0 fully saturated rings. The molecule has 0 bridgehead atoms. The summed E-state index contributed by atoms with van der Waals surface area (Å²) in [5.41, 5.74) is 1.24. The van der Waals surface area contributed by atoms with Crippen molar-refractivity contribution in [2.45, 2.75) is 57.7 Å². The van der Waals surface area contributed by atoms with E-state index in [1.54, 1.807) is 40.8 Å². The fraction of sp³-hybridized carbons (Fsp3) is 0.565. The van der Waals surface area contributed by atoms with E-state index in [4.69, 9.17) is 9.47 Å². The molecule has 0 saturated carbocycles. The molecule has 2 rings (SSSR count). The minimum absolute atomic E-state index is 0.00985. The third kappa shape index (κ3) is 7.75. The Labute approximate surface area is 197 Å². The summed E-state index contributed by atoms with van der Waals surface area (Å²) < 4.78 is 38.6. The highest BCUT2D eigenvalue weighted by atomic mass is 32.2. The van der Waals surface area contributed by atoms with E-state index in [9.17, 15) is 13.2 Å². The summed E-state index contributed by atoms with van der Waals surface area (Å²) in [5, 5.41) is 2.88. The Morgan fingerprint density at radius 2 is 1.94 bits per heavy atom. The van der Waals surface area contributed by atoms with Gasteiger partial charge < -0.3 is 24.3 Å². The first-order valence-electron chi connectivity index (χ1n) is 11.0. The lowest BCUT2D eigenvalue weighted by molar-refractivity contribution is 0.175. The van der Waals surface area contributed by atoms with E-state index >= 15 is 0 Å². The van der Waals surface area contributed by atoms with Gasteiger partial charge in [-0.15, -0.1) is 0 Å². The number of imidazole rings is 1. The second-order valence-corrected chi connectivity index (χ2v) is 10.5. The van der Waals surface area contributed by atoms with Gasteiger partial charge in [-0.25, -0.2) is 18.2 Å². The number of aromatic nitrogens is 2. The van der Waals surface area contributed by atoms with Gasteiger partial charge in [0.25, 0.3) is 0 Å². The highest BCUT2D eigenvalue weighted by Crippen LogP contribution is 2.21. The minimum Gasteiger partial charge on any atom is -0.497 e. The molecule has 1 aromatic heterocycles. The lowest BCUT2D eigenvalue weighted by Gasteiger charge is -2.26. The van der Waals surface area contributed by atoms with Crippen LogP contribution >= 0.6 is 0 Å².